The number of carboxylic acid groups (broad SMARTS) is 3. The van der Waals surface area contributed by atoms with E-state index in [0.717, 1.165) is 48.7 Å². The minimum atomic E-state index is -1.21. The zero-order valence-electron chi connectivity index (χ0n) is 37.7. The van der Waals surface area contributed by atoms with Gasteiger partial charge in [-0.25, -0.2) is 9.97 Å². The molecular weight excluding hydrogens is 976 g/mol. The molecule has 73 heavy (non-hydrogen) atoms. The number of benzene rings is 8. The summed E-state index contributed by atoms with van der Waals surface area (Å²) < 4.78 is 5.20. The number of fused-ring (bicyclic) bond motifs is 24. The SMILES string of the molecule is O=C([O-])Cc1ccc2cc3c(cc2c1)-c1nc-3nc2[n-]c(nc3nc(nc4[n-]c(n1)c1cc5ccc(COC[O-])cc5cc41)-c1cc4ccc(CC(=O)[O-])cc4cc1-3)c1cc3ccc(CC(=O)[O-])cc3cc21.[Cu+2]. The molecule has 0 atom stereocenters. The molecule has 0 saturated carbocycles. The maximum Gasteiger partial charge on any atom is 2.00 e. The van der Waals surface area contributed by atoms with E-state index in [2.05, 4.69) is 0 Å². The van der Waals surface area contributed by atoms with E-state index in [4.69, 9.17) is 44.6 Å². The Balaban J connectivity index is 0.00000543. The second-order valence-corrected chi connectivity index (χ2v) is 17.9. The van der Waals surface area contributed by atoms with Crippen molar-refractivity contribution >= 4 is 105 Å². The topological polar surface area (TPSA) is 258 Å². The van der Waals surface area contributed by atoms with Crippen LogP contribution in [0.1, 0.15) is 22.3 Å². The molecule has 5 heterocycles. The molecule has 2 aliphatic heterocycles. The van der Waals surface area contributed by atoms with Gasteiger partial charge in [-0.3, -0.25) is 0 Å². The van der Waals surface area contributed by atoms with Gasteiger partial charge >= 0.3 is 17.1 Å². The molecule has 11 aromatic rings. The first-order chi connectivity index (χ1) is 35.0. The maximum absolute atomic E-state index is 11.6. The van der Waals surface area contributed by atoms with Gasteiger partial charge in [0.1, 0.15) is 0 Å². The van der Waals surface area contributed by atoms with E-state index in [1.807, 2.05) is 84.9 Å². The molecule has 357 valence electrons. The van der Waals surface area contributed by atoms with Gasteiger partial charge in [-0.2, -0.15) is 0 Å². The van der Waals surface area contributed by atoms with Crippen molar-refractivity contribution in [2.75, 3.05) is 6.79 Å². The molecule has 17 heteroatoms. The molecular formula is C56H30CuN8O8-4. The Bertz CT molecular complexity index is 4410. The Labute approximate surface area is 421 Å². The van der Waals surface area contributed by atoms with Crippen LogP contribution in [0.3, 0.4) is 0 Å². The molecule has 13 rings (SSSR count). The first-order valence-electron chi connectivity index (χ1n) is 22.7. The van der Waals surface area contributed by atoms with Crippen LogP contribution in [0.4, 0.5) is 0 Å². The average molecular weight is 1010 g/mol. The van der Waals surface area contributed by atoms with E-state index in [0.29, 0.717) is 77.6 Å². The molecule has 8 bridgehead atoms. The summed E-state index contributed by atoms with van der Waals surface area (Å²) >= 11 is 0. The van der Waals surface area contributed by atoms with Crippen LogP contribution in [0, 0.1) is 0 Å². The summed E-state index contributed by atoms with van der Waals surface area (Å²) in [5.41, 5.74) is 6.10. The number of aromatic nitrogens is 8. The van der Waals surface area contributed by atoms with Crippen molar-refractivity contribution in [1.82, 2.24) is 39.9 Å². The predicted molar refractivity (Wildman–Crippen MR) is 260 cm³/mol. The molecule has 8 aromatic carbocycles. The van der Waals surface area contributed by atoms with Crippen LogP contribution in [-0.4, -0.2) is 54.6 Å². The summed E-state index contributed by atoms with van der Waals surface area (Å²) in [6.45, 7) is -0.541. The van der Waals surface area contributed by atoms with E-state index < -0.39 is 24.7 Å². The van der Waals surface area contributed by atoms with Crippen LogP contribution in [0.2, 0.25) is 0 Å². The zero-order valence-corrected chi connectivity index (χ0v) is 38.7. The minimum Gasteiger partial charge on any atom is -0.834 e. The summed E-state index contributed by atoms with van der Waals surface area (Å²) in [4.78, 5) is 75.9. The van der Waals surface area contributed by atoms with Crippen molar-refractivity contribution in [2.45, 2.75) is 25.9 Å². The van der Waals surface area contributed by atoms with E-state index in [1.54, 1.807) is 36.4 Å². The second-order valence-electron chi connectivity index (χ2n) is 17.9. The number of aliphatic carboxylic acids is 3. The van der Waals surface area contributed by atoms with E-state index in [9.17, 15) is 34.8 Å². The smallest absolute Gasteiger partial charge is 0.834 e. The van der Waals surface area contributed by atoms with Gasteiger partial charge < -0.3 is 69.5 Å². The first-order valence-corrected chi connectivity index (χ1v) is 22.7. The summed E-state index contributed by atoms with van der Waals surface area (Å²) in [6, 6.07) is 37.3. The van der Waals surface area contributed by atoms with E-state index in [-0.39, 0.29) is 71.7 Å². The van der Waals surface area contributed by atoms with Crippen LogP contribution in [0.5, 0.6) is 0 Å². The predicted octanol–water partition coefficient (Wildman–Crippen LogP) is 4.45. The maximum atomic E-state index is 11.6. The summed E-state index contributed by atoms with van der Waals surface area (Å²) in [7, 11) is 0. The quantitative estimate of drug-likeness (QED) is 0.143. The van der Waals surface area contributed by atoms with Crippen molar-refractivity contribution in [3.63, 3.8) is 0 Å². The molecule has 0 spiro atoms. The normalized spacial score (nSPS) is 11.9. The van der Waals surface area contributed by atoms with Crippen LogP contribution >= 0.6 is 0 Å². The van der Waals surface area contributed by atoms with Crippen molar-refractivity contribution < 1.29 is 56.6 Å². The molecule has 1 radical (unpaired) electrons. The van der Waals surface area contributed by atoms with Crippen LogP contribution in [0.15, 0.2) is 121 Å². The van der Waals surface area contributed by atoms with Crippen LogP contribution < -0.4 is 30.4 Å². The minimum absolute atomic E-state index is 0. The van der Waals surface area contributed by atoms with Gasteiger partial charge in [0.15, 0.2) is 0 Å². The largest absolute Gasteiger partial charge is 2.00 e. The van der Waals surface area contributed by atoms with E-state index in [1.165, 1.54) is 0 Å². The third-order valence-corrected chi connectivity index (χ3v) is 13.2. The molecule has 0 N–H and O–H groups in total. The Morgan fingerprint density at radius 3 is 1.01 bits per heavy atom. The van der Waals surface area contributed by atoms with Gasteiger partial charge in [-0.05, 0) is 148 Å². The Morgan fingerprint density at radius 1 is 0.384 bits per heavy atom. The number of nitrogens with zero attached hydrogens (tertiary/aromatic N) is 8. The summed E-state index contributed by atoms with van der Waals surface area (Å²) in [5, 5.41) is 55.0. The number of rotatable bonds is 9. The Morgan fingerprint density at radius 2 is 0.671 bits per heavy atom. The van der Waals surface area contributed by atoms with Crippen molar-refractivity contribution in [3.8, 4) is 45.6 Å². The molecule has 0 fully saturated rings. The standard InChI is InChI=1S/C56H35N8O8.Cu/c65-25-72-24-29-4-8-33-19-41-45(23-37(33)12-29)56-63-51-40-18-32-7-3-28(15-48(70)71)11-36(32)22-44(40)54(61-51)59-49-38-16-30-5-1-26(13-46(66)67)9-34(30)20-42(38)53(57-49)58-50-39-17-31-6-2-27(14-47(68)69)10-35(31)21-43(39)55(60-50)62-52(41)64-56;/h1-12,16-23H,13-15,24-25H2,(H5,57,58,59,60,61,62,63,64,66,67,68,69,70,71);/q-1;+2/p-5. The Kier molecular flexibility index (Phi) is 10.8. The second kappa shape index (κ2) is 17.4. The third-order valence-electron chi connectivity index (χ3n) is 13.2. The summed E-state index contributed by atoms with van der Waals surface area (Å²) in [5.74, 6) is -2.49. The van der Waals surface area contributed by atoms with Crippen molar-refractivity contribution in [1.29, 1.82) is 0 Å². The molecule has 2 aliphatic rings. The third kappa shape index (κ3) is 8.02. The number of carbonyl (C=O) groups excluding carboxylic acids is 3. The molecule has 3 aromatic heterocycles. The molecule has 0 saturated heterocycles. The molecule has 0 amide bonds. The molecule has 0 aliphatic carbocycles. The van der Waals surface area contributed by atoms with Gasteiger partial charge in [-0.1, -0.05) is 66.7 Å². The van der Waals surface area contributed by atoms with Crippen molar-refractivity contribution in [2.24, 2.45) is 0 Å². The van der Waals surface area contributed by atoms with Crippen LogP contribution in [0.25, 0.3) is 133 Å². The van der Waals surface area contributed by atoms with E-state index >= 15 is 0 Å². The number of carboxylic acids is 3. The molecule has 16 nitrogen and oxygen atoms in total. The zero-order chi connectivity index (χ0) is 48.9. The summed E-state index contributed by atoms with van der Waals surface area (Å²) in [6.07, 6.45) is -0.822. The number of carbonyl (C=O) groups is 3. The van der Waals surface area contributed by atoms with Gasteiger partial charge in [0.25, 0.3) is 0 Å². The molecule has 0 unspecified atom stereocenters. The van der Waals surface area contributed by atoms with Gasteiger partial charge in [0.2, 0.25) is 0 Å². The fourth-order valence-corrected chi connectivity index (χ4v) is 9.91. The number of ether oxygens (including phenoxy) is 1. The fourth-order valence-electron chi connectivity index (χ4n) is 9.91. The monoisotopic (exact) mass is 1010 g/mol. The first kappa shape index (κ1) is 45.2. The van der Waals surface area contributed by atoms with Gasteiger partial charge in [-0.15, -0.1) is 0 Å². The van der Waals surface area contributed by atoms with Gasteiger partial charge in [0, 0.05) is 82.0 Å². The fraction of sp³-hybridized carbons (Fsp3) is 0.0893. The average Bonchev–Trinajstić information content (AvgIpc) is 4.07. The van der Waals surface area contributed by atoms with Gasteiger partial charge in [0.05, 0.1) is 29.9 Å². The van der Waals surface area contributed by atoms with Crippen molar-refractivity contribution in [3.05, 3.63) is 144 Å². The van der Waals surface area contributed by atoms with Crippen LogP contribution in [-0.2, 0) is 62.1 Å². The Hall–Kier alpha value is -8.99. The number of hydrogen-bond donors (Lipinski definition) is 0. The number of hydrogen-bond acceptors (Lipinski definition) is 14.